The number of hydrogen-bond acceptors (Lipinski definition) is 0. The van der Waals surface area contributed by atoms with Crippen LogP contribution in [-0.4, -0.2) is 9.52 Å². The maximum atomic E-state index is 2.33. The summed E-state index contributed by atoms with van der Waals surface area (Å²) < 4.78 is 0. The monoisotopic (exact) mass is 664 g/mol. The van der Waals surface area contributed by atoms with Crippen molar-refractivity contribution in [3.63, 3.8) is 0 Å². The molecule has 0 saturated heterocycles. The van der Waals surface area contributed by atoms with Crippen LogP contribution in [0, 0.1) is 0 Å². The Kier molecular flexibility index (Phi) is 18.8. The molecule has 0 N–H and O–H groups in total. The van der Waals surface area contributed by atoms with E-state index in [2.05, 4.69) is 133 Å². The van der Waals surface area contributed by atoms with Crippen LogP contribution in [0.1, 0.15) is 105 Å². The van der Waals surface area contributed by atoms with Crippen molar-refractivity contribution < 1.29 is 47.2 Å². The van der Waals surface area contributed by atoms with Crippen LogP contribution < -0.4 is 24.8 Å². The van der Waals surface area contributed by atoms with Crippen LogP contribution in [0.25, 0.3) is 0 Å². The molecule has 2 aromatic rings. The minimum absolute atomic E-state index is 0. The molecule has 2 radical (unpaired) electrons. The molecule has 0 fully saturated rings. The molecule has 186 valence electrons. The molecule has 0 aliphatic carbocycles. The van der Waals surface area contributed by atoms with Gasteiger partial charge >= 0.3 is 22.4 Å². The molecule has 0 bridgehead atoms. The summed E-state index contributed by atoms with van der Waals surface area (Å²) in [6.07, 6.45) is 0. The van der Waals surface area contributed by atoms with Gasteiger partial charge in [-0.3, -0.25) is 0 Å². The van der Waals surface area contributed by atoms with Gasteiger partial charge in [-0.1, -0.05) is 107 Å². The molecular weight excluding hydrogens is 616 g/mol. The van der Waals surface area contributed by atoms with E-state index in [1.54, 1.807) is 0 Å². The summed E-state index contributed by atoms with van der Waals surface area (Å²) in [4.78, 5) is 0. The van der Waals surface area contributed by atoms with Crippen molar-refractivity contribution in [3.8, 4) is 0 Å². The molecule has 0 aliphatic rings. The van der Waals surface area contributed by atoms with Crippen molar-refractivity contribution >= 4 is 9.52 Å². The van der Waals surface area contributed by atoms with Crippen LogP contribution in [-0.2, 0) is 44.0 Å². The zero-order valence-electron chi connectivity index (χ0n) is 23.2. The quantitative estimate of drug-likeness (QED) is 0.300. The van der Waals surface area contributed by atoms with Gasteiger partial charge in [0.25, 0.3) is 0 Å². The largest absolute Gasteiger partial charge is 2.00 e. The number of rotatable bonds is 0. The van der Waals surface area contributed by atoms with Crippen LogP contribution in [0.3, 0.4) is 0 Å². The van der Waals surface area contributed by atoms with E-state index in [4.69, 9.17) is 0 Å². The van der Waals surface area contributed by atoms with E-state index in [1.807, 2.05) is 0 Å². The molecule has 0 saturated carbocycles. The maximum Gasteiger partial charge on any atom is 2.00 e. The molecular formula is C28H49Cl2SiTa-2. The Morgan fingerprint density at radius 3 is 0.844 bits per heavy atom. The van der Waals surface area contributed by atoms with E-state index in [9.17, 15) is 0 Å². The summed E-state index contributed by atoms with van der Waals surface area (Å²) in [7, 11) is 0.750. The Morgan fingerprint density at radius 1 is 0.531 bits per heavy atom. The van der Waals surface area contributed by atoms with Gasteiger partial charge in [0.05, 0.1) is 0 Å². The molecule has 4 heteroatoms. The van der Waals surface area contributed by atoms with Crippen molar-refractivity contribution in [2.75, 3.05) is 0 Å². The van der Waals surface area contributed by atoms with Crippen LogP contribution in [0.4, 0.5) is 0 Å². The first-order valence-electron chi connectivity index (χ1n) is 11.1. The molecule has 0 nitrogen and oxygen atoms in total. The normalized spacial score (nSPS) is 11.4. The van der Waals surface area contributed by atoms with E-state index in [-0.39, 0.29) is 68.9 Å². The van der Waals surface area contributed by atoms with Crippen LogP contribution in [0.5, 0.6) is 0 Å². The zero-order chi connectivity index (χ0) is 23.3. The summed E-state index contributed by atoms with van der Waals surface area (Å²) >= 11 is 0. The first kappa shape index (κ1) is 39.5. The Labute approximate surface area is 232 Å². The second-order valence-corrected chi connectivity index (χ2v) is 13.5. The van der Waals surface area contributed by atoms with Crippen LogP contribution in [0.2, 0.25) is 13.1 Å². The maximum absolute atomic E-state index is 2.33. The topological polar surface area (TPSA) is 0 Å². The fraction of sp³-hybridized carbons (Fsp3) is 0.643. The number of halogens is 2. The standard InChI is InChI=1S/2C13H21.C2H7Si.2ClH.Ta/c2*1-12(2,3)10-7-8-11(9-10)13(4,5)6;1-3-2;;;/h2*7-9H,1-6H3;3H,1-2H3;2*1H;/q2*-1;;;;+2/p-2. The van der Waals surface area contributed by atoms with Crippen molar-refractivity contribution in [2.24, 2.45) is 0 Å². The fourth-order valence-electron chi connectivity index (χ4n) is 2.75. The van der Waals surface area contributed by atoms with Gasteiger partial charge in [0.1, 0.15) is 0 Å². The molecule has 0 heterocycles. The predicted octanol–water partition coefficient (Wildman–Crippen LogP) is 2.53. The fourth-order valence-corrected chi connectivity index (χ4v) is 2.75. The Morgan fingerprint density at radius 2 is 0.750 bits per heavy atom. The van der Waals surface area contributed by atoms with Gasteiger partial charge in [0, 0.05) is 9.52 Å². The molecule has 0 spiro atoms. The molecule has 2 rings (SSSR count). The first-order valence-corrected chi connectivity index (χ1v) is 13.4. The second kappa shape index (κ2) is 15.3. The summed E-state index contributed by atoms with van der Waals surface area (Å²) in [6.45, 7) is 31.5. The summed E-state index contributed by atoms with van der Waals surface area (Å²) in [5.41, 5.74) is 6.89. The van der Waals surface area contributed by atoms with E-state index < -0.39 is 0 Å². The van der Waals surface area contributed by atoms with Crippen molar-refractivity contribution in [1.82, 2.24) is 0 Å². The van der Waals surface area contributed by atoms with Crippen LogP contribution >= 0.6 is 0 Å². The Bertz CT molecular complexity index is 595. The average Bonchev–Trinajstić information content (AvgIpc) is 3.16. The minimum atomic E-state index is 0. The molecule has 0 aliphatic heterocycles. The predicted molar refractivity (Wildman–Crippen MR) is 138 cm³/mol. The van der Waals surface area contributed by atoms with E-state index in [0.717, 1.165) is 9.52 Å². The first-order chi connectivity index (χ1) is 12.8. The van der Waals surface area contributed by atoms with Gasteiger partial charge in [-0.2, -0.15) is 46.5 Å². The van der Waals surface area contributed by atoms with Gasteiger partial charge in [-0.25, -0.2) is 12.1 Å². The Balaban J connectivity index is -0.000000201. The average molecular weight is 666 g/mol. The summed E-state index contributed by atoms with van der Waals surface area (Å²) in [5.74, 6) is 0. The smallest absolute Gasteiger partial charge is 1.00 e. The molecule has 0 aromatic heterocycles. The number of hydrogen-bond donors (Lipinski definition) is 0. The van der Waals surface area contributed by atoms with Crippen molar-refractivity contribution in [2.45, 2.75) is 118 Å². The second-order valence-electron chi connectivity index (χ2n) is 12.4. The van der Waals surface area contributed by atoms with Gasteiger partial charge in [-0.05, 0) is 10.8 Å². The van der Waals surface area contributed by atoms with E-state index in [0.29, 0.717) is 0 Å². The third kappa shape index (κ3) is 14.5. The third-order valence-electron chi connectivity index (χ3n) is 4.97. The molecule has 0 atom stereocenters. The van der Waals surface area contributed by atoms with Gasteiger partial charge in [0.15, 0.2) is 0 Å². The molecule has 0 unspecified atom stereocenters. The summed E-state index contributed by atoms with van der Waals surface area (Å²) in [6, 6.07) is 13.7. The molecule has 32 heavy (non-hydrogen) atoms. The summed E-state index contributed by atoms with van der Waals surface area (Å²) in [5, 5.41) is 0. The molecule has 0 amide bonds. The van der Waals surface area contributed by atoms with Crippen LogP contribution in [0.15, 0.2) is 36.4 Å². The van der Waals surface area contributed by atoms with Crippen molar-refractivity contribution in [3.05, 3.63) is 58.7 Å². The van der Waals surface area contributed by atoms with Crippen molar-refractivity contribution in [1.29, 1.82) is 0 Å². The Hall–Kier alpha value is 0.237. The van der Waals surface area contributed by atoms with E-state index >= 15 is 0 Å². The van der Waals surface area contributed by atoms with Gasteiger partial charge < -0.3 is 24.8 Å². The SMILES string of the molecule is CC(C)(C)c1c[cH-]c(C(C)(C)C)c1.CC(C)(C)c1c[cH-]c(C(C)(C)C)c1.C[SiH]C.[Cl-].[Cl-].[Ta+2]. The van der Waals surface area contributed by atoms with Gasteiger partial charge in [0.2, 0.25) is 0 Å². The van der Waals surface area contributed by atoms with E-state index in [1.165, 1.54) is 22.3 Å². The zero-order valence-corrected chi connectivity index (χ0v) is 29.1. The minimum Gasteiger partial charge on any atom is -1.00 e. The molecule has 2 aromatic carbocycles. The van der Waals surface area contributed by atoms with Gasteiger partial charge in [-0.15, -0.1) is 0 Å². The third-order valence-corrected chi connectivity index (χ3v) is 4.97.